The van der Waals surface area contributed by atoms with Crippen LogP contribution >= 0.6 is 0 Å². The summed E-state index contributed by atoms with van der Waals surface area (Å²) in [6, 6.07) is 11.4. The number of hydrogen-bond donors (Lipinski definition) is 2. The minimum absolute atomic E-state index is 0.0201. The van der Waals surface area contributed by atoms with Crippen LogP contribution in [0.5, 0.6) is 5.75 Å². The molecule has 2 aromatic carbocycles. The van der Waals surface area contributed by atoms with Crippen molar-refractivity contribution in [1.82, 2.24) is 5.16 Å². The van der Waals surface area contributed by atoms with Gasteiger partial charge >= 0.3 is 0 Å². The summed E-state index contributed by atoms with van der Waals surface area (Å²) in [5.41, 5.74) is 1.36. The van der Waals surface area contributed by atoms with Gasteiger partial charge in [-0.25, -0.2) is 13.6 Å². The summed E-state index contributed by atoms with van der Waals surface area (Å²) in [6.07, 6.45) is -0.0201. The van der Waals surface area contributed by atoms with Crippen LogP contribution in [-0.4, -0.2) is 26.6 Å². The van der Waals surface area contributed by atoms with Crippen LogP contribution in [0.4, 0.5) is 5.69 Å². The van der Waals surface area contributed by atoms with E-state index < -0.39 is 10.0 Å². The number of anilines is 1. The first-order chi connectivity index (χ1) is 11.9. The molecule has 3 aromatic rings. The predicted molar refractivity (Wildman–Crippen MR) is 90.7 cm³/mol. The molecule has 0 aliphatic rings. The van der Waals surface area contributed by atoms with Gasteiger partial charge in [0.25, 0.3) is 0 Å². The van der Waals surface area contributed by atoms with E-state index in [1.165, 1.54) is 25.3 Å². The Balaban J connectivity index is 1.81. The van der Waals surface area contributed by atoms with E-state index in [1.807, 2.05) is 12.1 Å². The predicted octanol–water partition coefficient (Wildman–Crippen LogP) is 1.66. The minimum Gasteiger partial charge on any atom is -0.495 e. The highest BCUT2D eigenvalue weighted by Gasteiger charge is 2.17. The lowest BCUT2D eigenvalue weighted by Crippen LogP contribution is -2.17. The molecule has 0 bridgehead atoms. The highest BCUT2D eigenvalue weighted by Crippen LogP contribution is 2.26. The lowest BCUT2D eigenvalue weighted by Gasteiger charge is -2.10. The first kappa shape index (κ1) is 16.9. The number of nitrogens with zero attached hydrogens (tertiary/aromatic N) is 1. The van der Waals surface area contributed by atoms with Crippen molar-refractivity contribution in [3.8, 4) is 5.75 Å². The molecular formula is C16H15N3O5S. The molecule has 3 rings (SSSR count). The number of aromatic nitrogens is 1. The fraction of sp³-hybridized carbons (Fsp3) is 0.125. The Morgan fingerprint density at radius 3 is 2.76 bits per heavy atom. The average molecular weight is 361 g/mol. The third kappa shape index (κ3) is 3.62. The van der Waals surface area contributed by atoms with Gasteiger partial charge in [-0.1, -0.05) is 17.3 Å². The molecule has 9 heteroatoms. The second-order valence-electron chi connectivity index (χ2n) is 5.26. The summed E-state index contributed by atoms with van der Waals surface area (Å²) < 4.78 is 33.4. The number of carbonyl (C=O) groups excluding carboxylic acids is 1. The Morgan fingerprint density at radius 1 is 1.28 bits per heavy atom. The number of para-hydroxylation sites is 1. The van der Waals surface area contributed by atoms with Crippen molar-refractivity contribution in [2.45, 2.75) is 11.3 Å². The average Bonchev–Trinajstić information content (AvgIpc) is 2.97. The Bertz CT molecular complexity index is 1040. The zero-order chi connectivity index (χ0) is 18.0. The van der Waals surface area contributed by atoms with Gasteiger partial charge in [0.15, 0.2) is 5.58 Å². The summed E-state index contributed by atoms with van der Waals surface area (Å²) in [4.78, 5) is 12.0. The van der Waals surface area contributed by atoms with Gasteiger partial charge in [-0.2, -0.15) is 0 Å². The molecule has 1 aromatic heterocycles. The van der Waals surface area contributed by atoms with E-state index in [2.05, 4.69) is 10.5 Å². The first-order valence-corrected chi connectivity index (χ1v) is 8.77. The maximum Gasteiger partial charge on any atom is 0.241 e. The molecule has 0 spiro atoms. The molecule has 0 fully saturated rings. The van der Waals surface area contributed by atoms with E-state index in [1.54, 1.807) is 12.1 Å². The lowest BCUT2D eigenvalue weighted by atomic mass is 10.1. The van der Waals surface area contributed by atoms with Gasteiger partial charge in [0, 0.05) is 11.1 Å². The zero-order valence-electron chi connectivity index (χ0n) is 13.2. The Kier molecular flexibility index (Phi) is 4.43. The monoisotopic (exact) mass is 361 g/mol. The van der Waals surface area contributed by atoms with Gasteiger partial charge in [-0.3, -0.25) is 4.79 Å². The van der Waals surface area contributed by atoms with Gasteiger partial charge in [-0.05, 0) is 30.3 Å². The summed E-state index contributed by atoms with van der Waals surface area (Å²) >= 11 is 0. The maximum atomic E-state index is 12.2. The number of primary sulfonamides is 1. The van der Waals surface area contributed by atoms with Gasteiger partial charge in [0.05, 0.1) is 13.5 Å². The molecule has 0 atom stereocenters. The fourth-order valence-corrected chi connectivity index (χ4v) is 3.12. The van der Waals surface area contributed by atoms with Crippen molar-refractivity contribution >= 4 is 32.6 Å². The molecule has 0 unspecified atom stereocenters. The summed E-state index contributed by atoms with van der Waals surface area (Å²) in [5.74, 6) is -0.271. The second kappa shape index (κ2) is 6.54. The molecule has 1 amide bonds. The van der Waals surface area contributed by atoms with Crippen LogP contribution in [-0.2, 0) is 21.2 Å². The van der Waals surface area contributed by atoms with Crippen LogP contribution in [0.1, 0.15) is 5.69 Å². The molecule has 0 saturated carbocycles. The van der Waals surface area contributed by atoms with Crippen LogP contribution in [0.15, 0.2) is 51.9 Å². The molecule has 0 aliphatic heterocycles. The van der Waals surface area contributed by atoms with Gasteiger partial charge in [0.2, 0.25) is 15.9 Å². The number of nitrogens with two attached hydrogens (primary N) is 1. The molecule has 1 heterocycles. The normalized spacial score (nSPS) is 11.4. The van der Waals surface area contributed by atoms with E-state index in [-0.39, 0.29) is 28.7 Å². The van der Waals surface area contributed by atoms with E-state index >= 15 is 0 Å². The number of nitrogens with one attached hydrogen (secondary N) is 1. The molecule has 130 valence electrons. The highest BCUT2D eigenvalue weighted by atomic mass is 32.2. The highest BCUT2D eigenvalue weighted by molar-refractivity contribution is 7.89. The molecular weight excluding hydrogens is 346 g/mol. The summed E-state index contributed by atoms with van der Waals surface area (Å²) in [7, 11) is -2.65. The molecule has 8 nitrogen and oxygen atoms in total. The number of fused-ring (bicyclic) bond motifs is 1. The van der Waals surface area contributed by atoms with E-state index in [4.69, 9.17) is 14.4 Å². The van der Waals surface area contributed by atoms with E-state index in [9.17, 15) is 13.2 Å². The van der Waals surface area contributed by atoms with Crippen LogP contribution in [0, 0.1) is 0 Å². The molecule has 0 aliphatic carbocycles. The van der Waals surface area contributed by atoms with Crippen molar-refractivity contribution in [2.75, 3.05) is 12.4 Å². The quantitative estimate of drug-likeness (QED) is 0.712. The number of ether oxygens (including phenoxy) is 1. The number of benzene rings is 2. The van der Waals surface area contributed by atoms with Crippen LogP contribution in [0.25, 0.3) is 11.0 Å². The van der Waals surface area contributed by atoms with Crippen molar-refractivity contribution in [1.29, 1.82) is 0 Å². The number of methoxy groups -OCH3 is 1. The number of sulfonamides is 1. The third-order valence-electron chi connectivity index (χ3n) is 3.53. The number of amides is 1. The standard InChI is InChI=1S/C16H15N3O5S/c1-23-14-7-6-10(8-15(14)25(17,21)22)18-16(20)9-12-11-4-2-3-5-13(11)24-19-12/h2-8H,9H2,1H3,(H,18,20)(H2,17,21,22). The van der Waals surface area contributed by atoms with Crippen molar-refractivity contribution in [2.24, 2.45) is 5.14 Å². The molecule has 0 saturated heterocycles. The molecule has 3 N–H and O–H groups in total. The van der Waals surface area contributed by atoms with Crippen molar-refractivity contribution in [3.63, 3.8) is 0 Å². The Morgan fingerprint density at radius 2 is 2.04 bits per heavy atom. The van der Waals surface area contributed by atoms with Crippen LogP contribution < -0.4 is 15.2 Å². The van der Waals surface area contributed by atoms with E-state index in [0.717, 1.165) is 5.39 Å². The Hall–Kier alpha value is -2.91. The summed E-state index contributed by atoms with van der Waals surface area (Å²) in [6.45, 7) is 0. The zero-order valence-corrected chi connectivity index (χ0v) is 14.0. The van der Waals surface area contributed by atoms with Crippen molar-refractivity contribution in [3.05, 3.63) is 48.2 Å². The largest absolute Gasteiger partial charge is 0.495 e. The van der Waals surface area contributed by atoms with Crippen LogP contribution in [0.3, 0.4) is 0 Å². The lowest BCUT2D eigenvalue weighted by molar-refractivity contribution is -0.115. The molecule has 0 radical (unpaired) electrons. The summed E-state index contributed by atoms with van der Waals surface area (Å²) in [5, 5.41) is 12.4. The second-order valence-corrected chi connectivity index (χ2v) is 6.79. The number of carbonyl (C=O) groups is 1. The third-order valence-corrected chi connectivity index (χ3v) is 4.47. The topological polar surface area (TPSA) is 125 Å². The number of rotatable bonds is 5. The van der Waals surface area contributed by atoms with E-state index in [0.29, 0.717) is 11.3 Å². The SMILES string of the molecule is COc1ccc(NC(=O)Cc2noc3ccccc23)cc1S(N)(=O)=O. The smallest absolute Gasteiger partial charge is 0.241 e. The van der Waals surface area contributed by atoms with Crippen LogP contribution in [0.2, 0.25) is 0 Å². The van der Waals surface area contributed by atoms with Gasteiger partial charge in [0.1, 0.15) is 16.3 Å². The Labute approximate surface area is 143 Å². The number of hydrogen-bond acceptors (Lipinski definition) is 6. The molecule has 25 heavy (non-hydrogen) atoms. The van der Waals surface area contributed by atoms with Gasteiger partial charge < -0.3 is 14.6 Å². The maximum absolute atomic E-state index is 12.2. The minimum atomic E-state index is -3.99. The first-order valence-electron chi connectivity index (χ1n) is 7.22. The fourth-order valence-electron chi connectivity index (χ4n) is 2.40. The van der Waals surface area contributed by atoms with Crippen molar-refractivity contribution < 1.29 is 22.5 Å². The van der Waals surface area contributed by atoms with Gasteiger partial charge in [-0.15, -0.1) is 0 Å².